The zero-order valence-electron chi connectivity index (χ0n) is 13.2. The SMILES string of the molecule is CC(C)C(=O)Nc1ccc(C(F)(F)F)cc1CN1CCOCC1. The van der Waals surface area contributed by atoms with Crippen molar-refractivity contribution < 1.29 is 22.7 Å². The summed E-state index contributed by atoms with van der Waals surface area (Å²) < 4.78 is 44.1. The van der Waals surface area contributed by atoms with E-state index in [0.29, 0.717) is 44.1 Å². The summed E-state index contributed by atoms with van der Waals surface area (Å²) in [4.78, 5) is 13.9. The third-order valence-corrected chi connectivity index (χ3v) is 3.71. The lowest BCUT2D eigenvalue weighted by Crippen LogP contribution is -2.36. The molecule has 1 heterocycles. The average molecular weight is 330 g/mol. The summed E-state index contributed by atoms with van der Waals surface area (Å²) in [5.41, 5.74) is 0.197. The maximum Gasteiger partial charge on any atom is 0.416 e. The smallest absolute Gasteiger partial charge is 0.379 e. The van der Waals surface area contributed by atoms with Gasteiger partial charge in [-0.15, -0.1) is 0 Å². The quantitative estimate of drug-likeness (QED) is 0.922. The first-order chi connectivity index (χ1) is 10.8. The Morgan fingerprint density at radius 2 is 1.96 bits per heavy atom. The summed E-state index contributed by atoms with van der Waals surface area (Å²) in [5.74, 6) is -0.457. The Morgan fingerprint density at radius 3 is 2.52 bits per heavy atom. The third-order valence-electron chi connectivity index (χ3n) is 3.71. The predicted octanol–water partition coefficient (Wildman–Crippen LogP) is 3.13. The second-order valence-electron chi connectivity index (χ2n) is 5.90. The van der Waals surface area contributed by atoms with Crippen LogP contribution in [0.5, 0.6) is 0 Å². The summed E-state index contributed by atoms with van der Waals surface area (Å²) in [5, 5.41) is 2.71. The van der Waals surface area contributed by atoms with Gasteiger partial charge in [-0.2, -0.15) is 13.2 Å². The largest absolute Gasteiger partial charge is 0.416 e. The standard InChI is InChI=1S/C16H21F3N2O2/c1-11(2)15(22)20-14-4-3-13(16(17,18)19)9-12(14)10-21-5-7-23-8-6-21/h3-4,9,11H,5-8,10H2,1-2H3,(H,20,22). The van der Waals surface area contributed by atoms with Crippen molar-refractivity contribution in [1.82, 2.24) is 4.90 Å². The van der Waals surface area contributed by atoms with E-state index in [4.69, 9.17) is 4.74 Å². The van der Waals surface area contributed by atoms with Crippen LogP contribution in [0.3, 0.4) is 0 Å². The molecule has 128 valence electrons. The number of halogens is 3. The van der Waals surface area contributed by atoms with E-state index in [0.717, 1.165) is 12.1 Å². The molecular weight excluding hydrogens is 309 g/mol. The van der Waals surface area contributed by atoms with Crippen molar-refractivity contribution in [2.45, 2.75) is 26.6 Å². The molecule has 7 heteroatoms. The number of benzene rings is 1. The lowest BCUT2D eigenvalue weighted by molar-refractivity contribution is -0.137. The number of nitrogens with one attached hydrogen (secondary N) is 1. The van der Waals surface area contributed by atoms with E-state index in [1.54, 1.807) is 13.8 Å². The lowest BCUT2D eigenvalue weighted by atomic mass is 10.1. The minimum absolute atomic E-state index is 0.215. The fourth-order valence-corrected chi connectivity index (χ4v) is 2.30. The Hall–Kier alpha value is -1.60. The van der Waals surface area contributed by atoms with Crippen molar-refractivity contribution in [3.63, 3.8) is 0 Å². The molecule has 0 unspecified atom stereocenters. The predicted molar refractivity (Wildman–Crippen MR) is 81.0 cm³/mol. The molecule has 4 nitrogen and oxygen atoms in total. The van der Waals surface area contributed by atoms with Crippen molar-refractivity contribution in [3.8, 4) is 0 Å². The van der Waals surface area contributed by atoms with Crippen LogP contribution in [0.2, 0.25) is 0 Å². The molecule has 1 saturated heterocycles. The Bertz CT molecular complexity index is 553. The number of hydrogen-bond acceptors (Lipinski definition) is 3. The molecule has 1 aromatic carbocycles. The zero-order valence-corrected chi connectivity index (χ0v) is 13.2. The number of morpholine rings is 1. The zero-order chi connectivity index (χ0) is 17.0. The van der Waals surface area contributed by atoms with E-state index in [2.05, 4.69) is 5.32 Å². The molecule has 1 amide bonds. The summed E-state index contributed by atoms with van der Waals surface area (Å²) >= 11 is 0. The van der Waals surface area contributed by atoms with Crippen LogP contribution in [-0.4, -0.2) is 37.1 Å². The third kappa shape index (κ3) is 4.94. The van der Waals surface area contributed by atoms with E-state index in [1.807, 2.05) is 4.90 Å². The van der Waals surface area contributed by atoms with Crippen molar-refractivity contribution in [2.75, 3.05) is 31.6 Å². The number of nitrogens with zero attached hydrogens (tertiary/aromatic N) is 1. The van der Waals surface area contributed by atoms with Crippen molar-refractivity contribution in [1.29, 1.82) is 0 Å². The Morgan fingerprint density at radius 1 is 1.30 bits per heavy atom. The summed E-state index contributed by atoms with van der Waals surface area (Å²) in [7, 11) is 0. The van der Waals surface area contributed by atoms with E-state index in [9.17, 15) is 18.0 Å². The average Bonchev–Trinajstić information content (AvgIpc) is 2.48. The number of carbonyl (C=O) groups excluding carboxylic acids is 1. The maximum atomic E-state index is 12.9. The monoisotopic (exact) mass is 330 g/mol. The Labute approximate surface area is 133 Å². The first kappa shape index (κ1) is 17.7. The van der Waals surface area contributed by atoms with E-state index >= 15 is 0 Å². The minimum Gasteiger partial charge on any atom is -0.379 e. The topological polar surface area (TPSA) is 41.6 Å². The van der Waals surface area contributed by atoms with Crippen LogP contribution in [0, 0.1) is 5.92 Å². The van der Waals surface area contributed by atoms with E-state index < -0.39 is 11.7 Å². The van der Waals surface area contributed by atoms with Gasteiger partial charge in [-0.25, -0.2) is 0 Å². The molecule has 0 radical (unpaired) electrons. The van der Waals surface area contributed by atoms with Gasteiger partial charge in [0.15, 0.2) is 0 Å². The second-order valence-corrected chi connectivity index (χ2v) is 5.90. The highest BCUT2D eigenvalue weighted by Crippen LogP contribution is 2.32. The first-order valence-electron chi connectivity index (χ1n) is 7.58. The van der Waals surface area contributed by atoms with Gasteiger partial charge >= 0.3 is 6.18 Å². The molecule has 0 saturated carbocycles. The molecule has 0 bridgehead atoms. The minimum atomic E-state index is -4.40. The van der Waals surface area contributed by atoms with Crippen molar-refractivity contribution in [2.24, 2.45) is 5.92 Å². The highest BCUT2D eigenvalue weighted by Gasteiger charge is 2.31. The number of amides is 1. The van der Waals surface area contributed by atoms with E-state index in [1.165, 1.54) is 6.07 Å². The van der Waals surface area contributed by atoms with Gasteiger partial charge < -0.3 is 10.1 Å². The number of carbonyl (C=O) groups is 1. The van der Waals surface area contributed by atoms with Crippen LogP contribution in [0.25, 0.3) is 0 Å². The van der Waals surface area contributed by atoms with E-state index in [-0.39, 0.29) is 11.8 Å². The molecule has 1 aliphatic heterocycles. The summed E-state index contributed by atoms with van der Waals surface area (Å²) in [6, 6.07) is 3.45. The molecule has 0 aliphatic carbocycles. The van der Waals surface area contributed by atoms with Crippen LogP contribution in [0.1, 0.15) is 25.0 Å². The van der Waals surface area contributed by atoms with Gasteiger partial charge in [-0.3, -0.25) is 9.69 Å². The Balaban J connectivity index is 2.26. The molecule has 2 rings (SSSR count). The van der Waals surface area contributed by atoms with Gasteiger partial charge in [0.25, 0.3) is 0 Å². The van der Waals surface area contributed by atoms with Crippen LogP contribution in [-0.2, 0) is 22.3 Å². The first-order valence-corrected chi connectivity index (χ1v) is 7.58. The lowest BCUT2D eigenvalue weighted by Gasteiger charge is -2.28. The molecule has 0 atom stereocenters. The highest BCUT2D eigenvalue weighted by atomic mass is 19.4. The normalized spacial score (nSPS) is 16.6. The van der Waals surface area contributed by atoms with Crippen LogP contribution in [0.15, 0.2) is 18.2 Å². The fraction of sp³-hybridized carbons (Fsp3) is 0.562. The van der Waals surface area contributed by atoms with Gasteiger partial charge in [0, 0.05) is 31.2 Å². The van der Waals surface area contributed by atoms with Crippen molar-refractivity contribution in [3.05, 3.63) is 29.3 Å². The van der Waals surface area contributed by atoms with Gasteiger partial charge in [0.1, 0.15) is 0 Å². The number of ether oxygens (including phenoxy) is 1. The van der Waals surface area contributed by atoms with Gasteiger partial charge in [-0.05, 0) is 23.8 Å². The number of alkyl halides is 3. The van der Waals surface area contributed by atoms with Gasteiger partial charge in [-0.1, -0.05) is 13.8 Å². The van der Waals surface area contributed by atoms with Crippen molar-refractivity contribution >= 4 is 11.6 Å². The molecule has 1 fully saturated rings. The highest BCUT2D eigenvalue weighted by molar-refractivity contribution is 5.92. The van der Waals surface area contributed by atoms with Gasteiger partial charge in [0.05, 0.1) is 18.8 Å². The maximum absolute atomic E-state index is 12.9. The summed E-state index contributed by atoms with van der Waals surface area (Å²) in [6.07, 6.45) is -4.40. The molecule has 1 aliphatic rings. The fourth-order valence-electron chi connectivity index (χ4n) is 2.30. The van der Waals surface area contributed by atoms with Crippen LogP contribution >= 0.6 is 0 Å². The molecule has 1 aromatic rings. The number of anilines is 1. The Kier molecular flexibility index (Phi) is 5.64. The molecule has 1 N–H and O–H groups in total. The molecular formula is C16H21F3N2O2. The summed E-state index contributed by atoms with van der Waals surface area (Å²) in [6.45, 7) is 6.27. The number of rotatable bonds is 4. The molecule has 0 aromatic heterocycles. The number of hydrogen-bond donors (Lipinski definition) is 1. The van der Waals surface area contributed by atoms with Gasteiger partial charge in [0.2, 0.25) is 5.91 Å². The van der Waals surface area contributed by atoms with Crippen LogP contribution in [0.4, 0.5) is 18.9 Å². The molecule has 23 heavy (non-hydrogen) atoms. The van der Waals surface area contributed by atoms with Crippen LogP contribution < -0.4 is 5.32 Å². The molecule has 0 spiro atoms. The second kappa shape index (κ2) is 7.31.